The van der Waals surface area contributed by atoms with E-state index in [-0.39, 0.29) is 19.5 Å². The number of nitrogens with zero attached hydrogens (tertiary/aromatic N) is 2. The minimum atomic E-state index is -3.61. The molecule has 1 saturated carbocycles. The summed E-state index contributed by atoms with van der Waals surface area (Å²) in [4.78, 5) is 11.0. The number of carbonyl (C=O) groups excluding carboxylic acids is 1. The van der Waals surface area contributed by atoms with Crippen molar-refractivity contribution in [3.05, 3.63) is 0 Å². The summed E-state index contributed by atoms with van der Waals surface area (Å²) >= 11 is 0. The van der Waals surface area contributed by atoms with Crippen LogP contribution in [0.3, 0.4) is 0 Å². The van der Waals surface area contributed by atoms with E-state index in [9.17, 15) is 13.2 Å². The van der Waals surface area contributed by atoms with Crippen molar-refractivity contribution in [2.75, 3.05) is 33.8 Å². The number of rotatable bonds is 8. The van der Waals surface area contributed by atoms with Gasteiger partial charge >= 0.3 is 5.97 Å². The standard InChI is InChI=1S/C12H20N2O4S/c1-4-8-14(10-11-5-6-11)19(16,17)13(2)9-7-12(15)18-3/h1,11H,5-10H2,2-3H3. The molecule has 0 spiro atoms. The van der Waals surface area contributed by atoms with Crippen LogP contribution in [0.2, 0.25) is 0 Å². The number of hydrogen-bond donors (Lipinski definition) is 0. The summed E-state index contributed by atoms with van der Waals surface area (Å²) in [6.07, 6.45) is 7.33. The van der Waals surface area contributed by atoms with Crippen LogP contribution in [0.15, 0.2) is 0 Å². The average molecular weight is 288 g/mol. The third-order valence-corrected chi connectivity index (χ3v) is 4.91. The second kappa shape index (κ2) is 6.89. The Bertz CT molecular complexity index is 451. The van der Waals surface area contributed by atoms with Crippen molar-refractivity contribution >= 4 is 16.2 Å². The van der Waals surface area contributed by atoms with E-state index in [1.54, 1.807) is 0 Å². The first kappa shape index (κ1) is 16.0. The first-order valence-electron chi connectivity index (χ1n) is 6.13. The Morgan fingerprint density at radius 3 is 2.58 bits per heavy atom. The lowest BCUT2D eigenvalue weighted by atomic mass is 10.4. The summed E-state index contributed by atoms with van der Waals surface area (Å²) < 4.78 is 31.5. The van der Waals surface area contributed by atoms with Gasteiger partial charge in [-0.1, -0.05) is 5.92 Å². The predicted octanol–water partition coefficient (Wildman–Crippen LogP) is 0.0713. The van der Waals surface area contributed by atoms with Crippen molar-refractivity contribution in [3.63, 3.8) is 0 Å². The number of terminal acetylenes is 1. The Morgan fingerprint density at radius 2 is 2.11 bits per heavy atom. The fraction of sp³-hybridized carbons (Fsp3) is 0.750. The van der Waals surface area contributed by atoms with Crippen LogP contribution in [0.1, 0.15) is 19.3 Å². The molecule has 0 aliphatic heterocycles. The largest absolute Gasteiger partial charge is 0.469 e. The maximum absolute atomic E-state index is 12.3. The molecule has 7 heteroatoms. The van der Waals surface area contributed by atoms with Crippen LogP contribution in [0.25, 0.3) is 0 Å². The van der Waals surface area contributed by atoms with Crippen LogP contribution in [-0.4, -0.2) is 56.8 Å². The van der Waals surface area contributed by atoms with Crippen LogP contribution in [-0.2, 0) is 19.7 Å². The van der Waals surface area contributed by atoms with Gasteiger partial charge in [-0.3, -0.25) is 4.79 Å². The molecule has 108 valence electrons. The van der Waals surface area contributed by atoms with Crippen LogP contribution in [0.4, 0.5) is 0 Å². The molecule has 1 fully saturated rings. The fourth-order valence-electron chi connectivity index (χ4n) is 1.59. The highest BCUT2D eigenvalue weighted by Crippen LogP contribution is 2.30. The predicted molar refractivity (Wildman–Crippen MR) is 71.3 cm³/mol. The van der Waals surface area contributed by atoms with Gasteiger partial charge in [0.05, 0.1) is 20.1 Å². The molecule has 1 aliphatic carbocycles. The highest BCUT2D eigenvalue weighted by molar-refractivity contribution is 7.86. The maximum Gasteiger partial charge on any atom is 0.306 e. The first-order chi connectivity index (χ1) is 8.91. The quantitative estimate of drug-likeness (QED) is 0.468. The van der Waals surface area contributed by atoms with Gasteiger partial charge in [0.15, 0.2) is 0 Å². The molecule has 1 aliphatic rings. The van der Waals surface area contributed by atoms with Gasteiger partial charge in [0.1, 0.15) is 0 Å². The molecule has 0 aromatic carbocycles. The van der Waals surface area contributed by atoms with E-state index >= 15 is 0 Å². The van der Waals surface area contributed by atoms with Crippen molar-refractivity contribution in [1.82, 2.24) is 8.61 Å². The molecule has 0 N–H and O–H groups in total. The summed E-state index contributed by atoms with van der Waals surface area (Å²) in [6, 6.07) is 0. The molecule has 0 unspecified atom stereocenters. The van der Waals surface area contributed by atoms with E-state index in [0.29, 0.717) is 12.5 Å². The van der Waals surface area contributed by atoms with Gasteiger partial charge < -0.3 is 4.74 Å². The number of esters is 1. The number of ether oxygens (including phenoxy) is 1. The van der Waals surface area contributed by atoms with E-state index in [2.05, 4.69) is 10.7 Å². The molecular weight excluding hydrogens is 268 g/mol. The lowest BCUT2D eigenvalue weighted by Crippen LogP contribution is -2.43. The minimum Gasteiger partial charge on any atom is -0.469 e. The van der Waals surface area contributed by atoms with E-state index in [4.69, 9.17) is 6.42 Å². The Labute approximate surface area is 114 Å². The maximum atomic E-state index is 12.3. The number of methoxy groups -OCH3 is 1. The van der Waals surface area contributed by atoms with E-state index in [1.165, 1.54) is 18.5 Å². The highest BCUT2D eigenvalue weighted by atomic mass is 32.2. The summed E-state index contributed by atoms with van der Waals surface area (Å²) in [6.45, 7) is 0.594. The molecule has 0 saturated heterocycles. The van der Waals surface area contributed by atoms with Crippen LogP contribution >= 0.6 is 0 Å². The lowest BCUT2D eigenvalue weighted by molar-refractivity contribution is -0.140. The normalized spacial score (nSPS) is 15.5. The van der Waals surface area contributed by atoms with Gasteiger partial charge in [-0.15, -0.1) is 6.42 Å². The topological polar surface area (TPSA) is 66.9 Å². The van der Waals surface area contributed by atoms with Gasteiger partial charge in [-0.05, 0) is 18.8 Å². The number of carbonyl (C=O) groups is 1. The van der Waals surface area contributed by atoms with Gasteiger partial charge in [0.25, 0.3) is 10.2 Å². The molecule has 0 radical (unpaired) electrons. The number of hydrogen-bond acceptors (Lipinski definition) is 4. The van der Waals surface area contributed by atoms with Crippen LogP contribution < -0.4 is 0 Å². The smallest absolute Gasteiger partial charge is 0.306 e. The summed E-state index contributed by atoms with van der Waals surface area (Å²) in [7, 11) is -0.894. The molecule has 0 aromatic rings. The van der Waals surface area contributed by atoms with Gasteiger partial charge in [0.2, 0.25) is 0 Å². The molecular formula is C12H20N2O4S. The van der Waals surface area contributed by atoms with Crippen LogP contribution in [0, 0.1) is 18.3 Å². The third kappa shape index (κ3) is 4.82. The molecule has 0 aromatic heterocycles. The summed E-state index contributed by atoms with van der Waals surface area (Å²) in [5, 5.41) is 0. The zero-order valence-corrected chi connectivity index (χ0v) is 12.1. The van der Waals surface area contributed by atoms with Crippen molar-refractivity contribution in [1.29, 1.82) is 0 Å². The molecule has 0 amide bonds. The fourth-order valence-corrected chi connectivity index (χ4v) is 2.95. The van der Waals surface area contributed by atoms with Crippen molar-refractivity contribution in [2.24, 2.45) is 5.92 Å². The first-order valence-corrected chi connectivity index (χ1v) is 7.53. The third-order valence-electron chi connectivity index (χ3n) is 3.01. The molecule has 0 atom stereocenters. The molecule has 6 nitrogen and oxygen atoms in total. The Balaban J connectivity index is 2.63. The molecule has 1 rings (SSSR count). The van der Waals surface area contributed by atoms with Crippen molar-refractivity contribution in [2.45, 2.75) is 19.3 Å². The molecule has 0 bridgehead atoms. The lowest BCUT2D eigenvalue weighted by Gasteiger charge is -2.25. The second-order valence-corrected chi connectivity index (χ2v) is 6.63. The Morgan fingerprint density at radius 1 is 1.47 bits per heavy atom. The van der Waals surface area contributed by atoms with Crippen molar-refractivity contribution in [3.8, 4) is 12.3 Å². The van der Waals surface area contributed by atoms with E-state index in [0.717, 1.165) is 17.1 Å². The van der Waals surface area contributed by atoms with Gasteiger partial charge in [-0.2, -0.15) is 17.0 Å². The summed E-state index contributed by atoms with van der Waals surface area (Å²) in [5.74, 6) is 2.34. The Hall–Kier alpha value is -1.10. The van der Waals surface area contributed by atoms with E-state index < -0.39 is 16.2 Å². The summed E-state index contributed by atoms with van der Waals surface area (Å²) in [5.41, 5.74) is 0. The monoisotopic (exact) mass is 288 g/mol. The molecule has 0 heterocycles. The second-order valence-electron chi connectivity index (χ2n) is 4.60. The van der Waals surface area contributed by atoms with Crippen molar-refractivity contribution < 1.29 is 17.9 Å². The zero-order chi connectivity index (χ0) is 14.5. The van der Waals surface area contributed by atoms with Gasteiger partial charge in [-0.25, -0.2) is 0 Å². The average Bonchev–Trinajstić information content (AvgIpc) is 3.18. The Kier molecular flexibility index (Phi) is 5.79. The van der Waals surface area contributed by atoms with E-state index in [1.807, 2.05) is 0 Å². The SMILES string of the molecule is C#CCN(CC1CC1)S(=O)(=O)N(C)CCC(=O)OC. The zero-order valence-electron chi connectivity index (χ0n) is 11.3. The highest BCUT2D eigenvalue weighted by Gasteiger charge is 2.32. The van der Waals surface area contributed by atoms with Crippen LogP contribution in [0.5, 0.6) is 0 Å². The minimum absolute atomic E-state index is 0.0273. The van der Waals surface area contributed by atoms with Gasteiger partial charge in [0, 0.05) is 20.1 Å². The molecule has 19 heavy (non-hydrogen) atoms.